The normalized spacial score (nSPS) is 12.9. The molecule has 9 nitrogen and oxygen atoms in total. The van der Waals surface area contributed by atoms with Crippen LogP contribution in [0.5, 0.6) is 11.5 Å². The summed E-state index contributed by atoms with van der Waals surface area (Å²) in [7, 11) is 3.04. The highest BCUT2D eigenvalue weighted by molar-refractivity contribution is 6.52. The van der Waals surface area contributed by atoms with Crippen LogP contribution >= 0.6 is 0 Å². The lowest BCUT2D eigenvalue weighted by molar-refractivity contribution is -0.139. The Kier molecular flexibility index (Phi) is 8.47. The Morgan fingerprint density at radius 2 is 1.44 bits per heavy atom. The Labute approximate surface area is 247 Å². The largest absolute Gasteiger partial charge is 0.497 e. The Bertz CT molecular complexity index is 1660. The molecular formula is C33H28FN3O6. The number of benzene rings is 4. The minimum absolute atomic E-state index is 0.0938. The summed E-state index contributed by atoms with van der Waals surface area (Å²) in [5.41, 5.74) is 2.00. The Morgan fingerprint density at radius 1 is 0.837 bits per heavy atom. The molecule has 4 aromatic carbocycles. The average Bonchev–Trinajstić information content (AvgIpc) is 3.27. The number of ketones is 1. The van der Waals surface area contributed by atoms with Gasteiger partial charge in [0.15, 0.2) is 0 Å². The molecule has 5 rings (SSSR count). The Balaban J connectivity index is 1.54. The van der Waals surface area contributed by atoms with Crippen molar-refractivity contribution < 1.29 is 33.0 Å². The van der Waals surface area contributed by atoms with Gasteiger partial charge in [0.05, 0.1) is 25.5 Å². The first-order valence-corrected chi connectivity index (χ1v) is 13.4. The first kappa shape index (κ1) is 29.0. The van der Waals surface area contributed by atoms with Gasteiger partial charge in [-0.2, -0.15) is 0 Å². The zero-order valence-electron chi connectivity index (χ0n) is 23.5. The number of ether oxygens (including phenoxy) is 2. The summed E-state index contributed by atoms with van der Waals surface area (Å²) < 4.78 is 24.2. The number of fused-ring (bicyclic) bond motifs is 1. The molecule has 0 unspecified atom stereocenters. The minimum atomic E-state index is -1.19. The van der Waals surface area contributed by atoms with E-state index in [1.54, 1.807) is 66.7 Å². The van der Waals surface area contributed by atoms with Crippen LogP contribution in [0.3, 0.4) is 0 Å². The van der Waals surface area contributed by atoms with E-state index in [1.165, 1.54) is 49.5 Å². The van der Waals surface area contributed by atoms with E-state index in [0.29, 0.717) is 34.0 Å². The lowest BCUT2D eigenvalue weighted by atomic mass is 10.0. The number of nitrogens with one attached hydrogen (secondary N) is 1. The van der Waals surface area contributed by atoms with Crippen LogP contribution in [-0.2, 0) is 20.9 Å². The van der Waals surface area contributed by atoms with Crippen molar-refractivity contribution in [1.29, 1.82) is 0 Å². The third kappa shape index (κ3) is 6.23. The highest BCUT2D eigenvalue weighted by Crippen LogP contribution is 2.31. The van der Waals surface area contributed by atoms with Crippen molar-refractivity contribution in [2.24, 2.45) is 0 Å². The smallest absolute Gasteiger partial charge is 0.299 e. The first-order chi connectivity index (χ1) is 20.8. The zero-order valence-corrected chi connectivity index (χ0v) is 23.5. The molecule has 1 aliphatic heterocycles. The van der Waals surface area contributed by atoms with Gasteiger partial charge < -0.3 is 19.7 Å². The second kappa shape index (κ2) is 12.6. The average molecular weight is 582 g/mol. The molecule has 43 heavy (non-hydrogen) atoms. The van der Waals surface area contributed by atoms with Gasteiger partial charge in [-0.3, -0.25) is 24.1 Å². The highest BCUT2D eigenvalue weighted by atomic mass is 19.1. The number of methoxy groups -OCH3 is 2. The van der Waals surface area contributed by atoms with Crippen LogP contribution in [0.25, 0.3) is 0 Å². The number of nitrogens with zero attached hydrogens (tertiary/aromatic N) is 2. The van der Waals surface area contributed by atoms with Crippen LogP contribution in [0.15, 0.2) is 97.1 Å². The van der Waals surface area contributed by atoms with E-state index in [0.717, 1.165) is 4.90 Å². The van der Waals surface area contributed by atoms with Gasteiger partial charge in [0, 0.05) is 12.2 Å². The van der Waals surface area contributed by atoms with Crippen molar-refractivity contribution >= 4 is 34.9 Å². The number of amides is 3. The fourth-order valence-corrected chi connectivity index (χ4v) is 4.89. The molecule has 0 spiro atoms. The molecule has 1 N–H and O–H groups in total. The number of halogens is 1. The van der Waals surface area contributed by atoms with Crippen LogP contribution in [-0.4, -0.2) is 49.2 Å². The van der Waals surface area contributed by atoms with Crippen LogP contribution < -0.4 is 19.7 Å². The van der Waals surface area contributed by atoms with Crippen LogP contribution in [0.1, 0.15) is 27.5 Å². The molecule has 4 aromatic rings. The fourth-order valence-electron chi connectivity index (χ4n) is 4.89. The summed E-state index contributed by atoms with van der Waals surface area (Å²) in [4.78, 5) is 56.1. The topological polar surface area (TPSA) is 105 Å². The van der Waals surface area contributed by atoms with Gasteiger partial charge in [-0.05, 0) is 71.8 Å². The quantitative estimate of drug-likeness (QED) is 0.270. The van der Waals surface area contributed by atoms with Crippen molar-refractivity contribution in [3.8, 4) is 11.5 Å². The number of Topliss-reactive ketones (excluding diaryl/α,β-unsaturated/α-hetero) is 1. The lowest BCUT2D eigenvalue weighted by Gasteiger charge is -2.33. The van der Waals surface area contributed by atoms with Crippen molar-refractivity contribution in [3.05, 3.63) is 120 Å². The second-order valence-corrected chi connectivity index (χ2v) is 9.78. The molecule has 1 atom stereocenters. The van der Waals surface area contributed by atoms with E-state index in [1.807, 2.05) is 0 Å². The van der Waals surface area contributed by atoms with Crippen LogP contribution in [0, 0.1) is 5.82 Å². The molecule has 0 saturated heterocycles. The second-order valence-electron chi connectivity index (χ2n) is 9.78. The third-order valence-electron chi connectivity index (χ3n) is 7.11. The highest BCUT2D eigenvalue weighted by Gasteiger charge is 2.39. The predicted octanol–water partition coefficient (Wildman–Crippen LogP) is 4.78. The van der Waals surface area contributed by atoms with Gasteiger partial charge in [0.1, 0.15) is 29.9 Å². The van der Waals surface area contributed by atoms with E-state index < -0.39 is 41.9 Å². The maximum absolute atomic E-state index is 14.1. The van der Waals surface area contributed by atoms with E-state index in [-0.39, 0.29) is 12.1 Å². The maximum Gasteiger partial charge on any atom is 0.299 e. The van der Waals surface area contributed by atoms with Crippen LogP contribution in [0.4, 0.5) is 15.8 Å². The van der Waals surface area contributed by atoms with Gasteiger partial charge in [-0.25, -0.2) is 4.39 Å². The molecule has 0 radical (unpaired) electrons. The summed E-state index contributed by atoms with van der Waals surface area (Å²) in [5, 5.41) is 2.86. The fraction of sp³-hybridized carbons (Fsp3) is 0.152. The van der Waals surface area contributed by atoms with E-state index >= 15 is 0 Å². The lowest BCUT2D eigenvalue weighted by Crippen LogP contribution is -2.46. The number of para-hydroxylation sites is 1. The number of carbonyl (C=O) groups is 4. The molecule has 0 saturated carbocycles. The van der Waals surface area contributed by atoms with Crippen molar-refractivity contribution in [2.45, 2.75) is 12.6 Å². The number of rotatable bonds is 10. The van der Waals surface area contributed by atoms with E-state index in [4.69, 9.17) is 9.47 Å². The van der Waals surface area contributed by atoms with Crippen molar-refractivity contribution in [1.82, 2.24) is 4.90 Å². The molecule has 3 amide bonds. The predicted molar refractivity (Wildman–Crippen MR) is 157 cm³/mol. The third-order valence-corrected chi connectivity index (χ3v) is 7.11. The van der Waals surface area contributed by atoms with Crippen molar-refractivity contribution in [2.75, 3.05) is 31.0 Å². The molecule has 218 valence electrons. The zero-order chi connectivity index (χ0) is 30.5. The van der Waals surface area contributed by atoms with Gasteiger partial charge >= 0.3 is 0 Å². The monoisotopic (exact) mass is 581 g/mol. The number of anilines is 2. The molecule has 0 aromatic heterocycles. The molecule has 0 bridgehead atoms. The van der Waals surface area contributed by atoms with Gasteiger partial charge in [-0.15, -0.1) is 0 Å². The maximum atomic E-state index is 14.1. The van der Waals surface area contributed by atoms with E-state index in [2.05, 4.69) is 5.32 Å². The van der Waals surface area contributed by atoms with Gasteiger partial charge in [0.2, 0.25) is 5.91 Å². The molecule has 1 aliphatic rings. The molecule has 10 heteroatoms. The standard InChI is InChI=1S/C33H28FN3O6/c1-42-25-15-9-22(10-16-25)30(32(40)35-24-13-17-26(43-2)18-14-24)37(19-21-7-11-23(34)12-8-21)29(38)20-36-28-6-4-3-5-27(28)31(39)33(36)41/h3-18,30H,19-20H2,1-2H3,(H,35,40)/t30-/m0/s1. The minimum Gasteiger partial charge on any atom is -0.497 e. The summed E-state index contributed by atoms with van der Waals surface area (Å²) in [5.74, 6) is -1.99. The number of hydrogen-bond acceptors (Lipinski definition) is 6. The number of hydrogen-bond donors (Lipinski definition) is 1. The van der Waals surface area contributed by atoms with E-state index in [9.17, 15) is 23.6 Å². The first-order valence-electron chi connectivity index (χ1n) is 13.4. The Morgan fingerprint density at radius 3 is 2.07 bits per heavy atom. The Hall–Kier alpha value is -5.51. The SMILES string of the molecule is COc1ccc(NC(=O)[C@H](c2ccc(OC)cc2)N(Cc2ccc(F)cc2)C(=O)CN2C(=O)C(=O)c3ccccc32)cc1. The molecule has 1 heterocycles. The van der Waals surface area contributed by atoms with Crippen LogP contribution in [0.2, 0.25) is 0 Å². The molecular weight excluding hydrogens is 553 g/mol. The van der Waals surface area contributed by atoms with Gasteiger partial charge in [0.25, 0.3) is 17.6 Å². The van der Waals surface area contributed by atoms with Gasteiger partial charge in [-0.1, -0.05) is 36.4 Å². The summed E-state index contributed by atoms with van der Waals surface area (Å²) in [6.07, 6.45) is 0. The summed E-state index contributed by atoms with van der Waals surface area (Å²) in [6, 6.07) is 24.2. The molecule has 0 aliphatic carbocycles. The molecule has 0 fully saturated rings. The summed E-state index contributed by atoms with van der Waals surface area (Å²) >= 11 is 0. The summed E-state index contributed by atoms with van der Waals surface area (Å²) in [6.45, 7) is -0.589. The number of carbonyl (C=O) groups excluding carboxylic acids is 4. The van der Waals surface area contributed by atoms with Crippen molar-refractivity contribution in [3.63, 3.8) is 0 Å².